The minimum atomic E-state index is 0.794. The first-order valence-corrected chi connectivity index (χ1v) is 7.03. The highest BCUT2D eigenvalue weighted by Gasteiger charge is 2.20. The van der Waals surface area contributed by atoms with Crippen LogP contribution in [0.5, 0.6) is 0 Å². The van der Waals surface area contributed by atoms with Gasteiger partial charge >= 0.3 is 0 Å². The molecular formula is C12H20BrN3. The number of halogens is 1. The van der Waals surface area contributed by atoms with Crippen LogP contribution in [-0.4, -0.2) is 22.4 Å². The Labute approximate surface area is 106 Å². The van der Waals surface area contributed by atoms with Crippen molar-refractivity contribution in [3.05, 3.63) is 15.9 Å². The molecule has 1 saturated carbocycles. The second kappa shape index (κ2) is 5.32. The number of hydrogen-bond donors (Lipinski definition) is 1. The molecule has 0 aliphatic heterocycles. The van der Waals surface area contributed by atoms with E-state index in [2.05, 4.69) is 44.9 Å². The molecule has 0 bridgehead atoms. The van der Waals surface area contributed by atoms with Gasteiger partial charge in [-0.2, -0.15) is 5.10 Å². The van der Waals surface area contributed by atoms with Gasteiger partial charge in [0.25, 0.3) is 0 Å². The Hall–Kier alpha value is -0.350. The van der Waals surface area contributed by atoms with Gasteiger partial charge in [0.05, 0.1) is 15.9 Å². The van der Waals surface area contributed by atoms with Gasteiger partial charge < -0.3 is 5.32 Å². The van der Waals surface area contributed by atoms with Crippen LogP contribution in [0.15, 0.2) is 4.47 Å². The number of nitrogens with zero attached hydrogens (tertiary/aromatic N) is 2. The van der Waals surface area contributed by atoms with Gasteiger partial charge in [-0.15, -0.1) is 0 Å². The molecule has 0 radical (unpaired) electrons. The zero-order chi connectivity index (χ0) is 11.5. The lowest BCUT2D eigenvalue weighted by Crippen LogP contribution is -2.20. The molecule has 0 spiro atoms. The number of nitrogens with one attached hydrogen (secondary N) is 1. The fourth-order valence-corrected chi connectivity index (χ4v) is 2.70. The van der Waals surface area contributed by atoms with E-state index in [1.807, 2.05) is 0 Å². The van der Waals surface area contributed by atoms with Crippen LogP contribution in [0.4, 0.5) is 0 Å². The highest BCUT2D eigenvalue weighted by atomic mass is 79.9. The van der Waals surface area contributed by atoms with Crippen LogP contribution in [0.3, 0.4) is 0 Å². The molecule has 0 atom stereocenters. The summed E-state index contributed by atoms with van der Waals surface area (Å²) in [7, 11) is 0. The van der Waals surface area contributed by atoms with Crippen molar-refractivity contribution in [1.29, 1.82) is 0 Å². The van der Waals surface area contributed by atoms with E-state index in [9.17, 15) is 0 Å². The molecule has 0 aromatic carbocycles. The highest BCUT2D eigenvalue weighted by molar-refractivity contribution is 9.10. The lowest BCUT2D eigenvalue weighted by molar-refractivity contribution is 0.591. The van der Waals surface area contributed by atoms with E-state index in [1.54, 1.807) is 0 Å². The Morgan fingerprint density at radius 3 is 2.75 bits per heavy atom. The van der Waals surface area contributed by atoms with Gasteiger partial charge in [0.2, 0.25) is 0 Å². The SMILES string of the molecule is CCc1nn(CC)c(CCNC2CC2)c1Br. The molecule has 4 heteroatoms. The summed E-state index contributed by atoms with van der Waals surface area (Å²) in [6, 6.07) is 0.794. The number of rotatable bonds is 6. The van der Waals surface area contributed by atoms with Gasteiger partial charge in [0.15, 0.2) is 0 Å². The Balaban J connectivity index is 2.01. The van der Waals surface area contributed by atoms with Crippen molar-refractivity contribution in [3.8, 4) is 0 Å². The summed E-state index contributed by atoms with van der Waals surface area (Å²) < 4.78 is 3.34. The number of aromatic nitrogens is 2. The van der Waals surface area contributed by atoms with Gasteiger partial charge in [0, 0.05) is 25.6 Å². The molecule has 90 valence electrons. The zero-order valence-electron chi connectivity index (χ0n) is 10.1. The van der Waals surface area contributed by atoms with E-state index in [0.29, 0.717) is 0 Å². The molecule has 1 aliphatic rings. The Morgan fingerprint density at radius 1 is 1.44 bits per heavy atom. The minimum Gasteiger partial charge on any atom is -0.314 e. The summed E-state index contributed by atoms with van der Waals surface area (Å²) in [6.45, 7) is 6.32. The zero-order valence-corrected chi connectivity index (χ0v) is 11.7. The lowest BCUT2D eigenvalue weighted by atomic mass is 10.2. The third kappa shape index (κ3) is 2.66. The highest BCUT2D eigenvalue weighted by Crippen LogP contribution is 2.23. The molecule has 0 unspecified atom stereocenters. The molecule has 16 heavy (non-hydrogen) atoms. The van der Waals surface area contributed by atoms with Crippen LogP contribution in [0, 0.1) is 0 Å². The van der Waals surface area contributed by atoms with Crippen LogP contribution in [0.1, 0.15) is 38.1 Å². The summed E-state index contributed by atoms with van der Waals surface area (Å²) in [5.41, 5.74) is 2.52. The van der Waals surface area contributed by atoms with E-state index in [1.165, 1.54) is 28.7 Å². The van der Waals surface area contributed by atoms with Crippen molar-refractivity contribution in [2.75, 3.05) is 6.54 Å². The largest absolute Gasteiger partial charge is 0.314 e. The van der Waals surface area contributed by atoms with Crippen molar-refractivity contribution in [1.82, 2.24) is 15.1 Å². The minimum absolute atomic E-state index is 0.794. The normalized spacial score (nSPS) is 15.7. The van der Waals surface area contributed by atoms with Gasteiger partial charge in [-0.25, -0.2) is 0 Å². The molecule has 0 saturated heterocycles. The van der Waals surface area contributed by atoms with E-state index < -0.39 is 0 Å². The quantitative estimate of drug-likeness (QED) is 0.871. The summed E-state index contributed by atoms with van der Waals surface area (Å²) >= 11 is 3.67. The molecule has 1 aliphatic carbocycles. The standard InChI is InChI=1S/C12H20BrN3/c1-3-10-12(13)11(16(4-2)15-10)7-8-14-9-5-6-9/h9,14H,3-8H2,1-2H3. The van der Waals surface area contributed by atoms with E-state index in [-0.39, 0.29) is 0 Å². The summed E-state index contributed by atoms with van der Waals surface area (Å²) in [6.07, 6.45) is 4.78. The predicted molar refractivity (Wildman–Crippen MR) is 69.7 cm³/mol. The van der Waals surface area contributed by atoms with Crippen molar-refractivity contribution in [2.45, 2.75) is 52.1 Å². The Bertz CT molecular complexity index is 355. The van der Waals surface area contributed by atoms with E-state index in [4.69, 9.17) is 0 Å². The van der Waals surface area contributed by atoms with Crippen molar-refractivity contribution < 1.29 is 0 Å². The van der Waals surface area contributed by atoms with Crippen molar-refractivity contribution in [3.63, 3.8) is 0 Å². The summed E-state index contributed by atoms with van der Waals surface area (Å²) in [5, 5.41) is 8.15. The van der Waals surface area contributed by atoms with Gasteiger partial charge in [-0.1, -0.05) is 6.92 Å². The first-order valence-electron chi connectivity index (χ1n) is 6.23. The molecule has 1 N–H and O–H groups in total. The van der Waals surface area contributed by atoms with Crippen LogP contribution >= 0.6 is 15.9 Å². The molecule has 1 aromatic heterocycles. The maximum absolute atomic E-state index is 4.60. The third-order valence-electron chi connectivity index (χ3n) is 3.07. The van der Waals surface area contributed by atoms with Crippen LogP contribution < -0.4 is 5.32 Å². The number of aryl methyl sites for hydroxylation is 2. The van der Waals surface area contributed by atoms with Crippen LogP contribution in [-0.2, 0) is 19.4 Å². The fraction of sp³-hybridized carbons (Fsp3) is 0.750. The van der Waals surface area contributed by atoms with Crippen LogP contribution in [0.2, 0.25) is 0 Å². The first-order chi connectivity index (χ1) is 7.76. The van der Waals surface area contributed by atoms with E-state index >= 15 is 0 Å². The molecule has 3 nitrogen and oxygen atoms in total. The average molecular weight is 286 g/mol. The molecular weight excluding hydrogens is 266 g/mol. The average Bonchev–Trinajstić information content (AvgIpc) is 3.05. The molecule has 1 heterocycles. The maximum Gasteiger partial charge on any atom is 0.0766 e. The number of hydrogen-bond acceptors (Lipinski definition) is 2. The van der Waals surface area contributed by atoms with Crippen LogP contribution in [0.25, 0.3) is 0 Å². The fourth-order valence-electron chi connectivity index (χ4n) is 1.94. The third-order valence-corrected chi connectivity index (χ3v) is 3.98. The smallest absolute Gasteiger partial charge is 0.0766 e. The van der Waals surface area contributed by atoms with Gasteiger partial charge in [-0.05, 0) is 42.1 Å². The summed E-state index contributed by atoms with van der Waals surface area (Å²) in [4.78, 5) is 0. The lowest BCUT2D eigenvalue weighted by Gasteiger charge is -2.06. The van der Waals surface area contributed by atoms with Crippen molar-refractivity contribution >= 4 is 15.9 Å². The topological polar surface area (TPSA) is 29.9 Å². The van der Waals surface area contributed by atoms with Crippen molar-refractivity contribution in [2.24, 2.45) is 0 Å². The Kier molecular flexibility index (Phi) is 4.03. The predicted octanol–water partition coefficient (Wildman–Crippen LogP) is 2.52. The second-order valence-corrected chi connectivity index (χ2v) is 5.15. The molecule has 1 aromatic rings. The first kappa shape index (κ1) is 12.1. The molecule has 1 fully saturated rings. The summed E-state index contributed by atoms with van der Waals surface area (Å²) in [5.74, 6) is 0. The Morgan fingerprint density at radius 2 is 2.19 bits per heavy atom. The van der Waals surface area contributed by atoms with Gasteiger partial charge in [0.1, 0.15) is 0 Å². The maximum atomic E-state index is 4.60. The molecule has 0 amide bonds. The van der Waals surface area contributed by atoms with Gasteiger partial charge in [-0.3, -0.25) is 4.68 Å². The molecule has 2 rings (SSSR count). The van der Waals surface area contributed by atoms with E-state index in [0.717, 1.165) is 32.0 Å². The second-order valence-electron chi connectivity index (χ2n) is 4.36. The monoisotopic (exact) mass is 285 g/mol.